The highest BCUT2D eigenvalue weighted by Crippen LogP contribution is 2.22. The fourth-order valence-electron chi connectivity index (χ4n) is 3.45. The van der Waals surface area contributed by atoms with Gasteiger partial charge < -0.3 is 15.0 Å². The third kappa shape index (κ3) is 5.34. The van der Waals surface area contributed by atoms with Crippen molar-refractivity contribution in [1.29, 1.82) is 0 Å². The Morgan fingerprint density at radius 2 is 1.69 bits per heavy atom. The zero-order chi connectivity index (χ0) is 20.6. The molecule has 1 saturated heterocycles. The van der Waals surface area contributed by atoms with Gasteiger partial charge in [0.2, 0.25) is 0 Å². The predicted octanol–water partition coefficient (Wildman–Crippen LogP) is 4.64. The average molecular weight is 398 g/mol. The highest BCUT2D eigenvalue weighted by atomic mass is 19.1. The summed E-state index contributed by atoms with van der Waals surface area (Å²) in [4.78, 5) is 27.7. The summed E-state index contributed by atoms with van der Waals surface area (Å²) in [6, 6.07) is 13.0. The molecule has 5 nitrogen and oxygen atoms in total. The lowest BCUT2D eigenvalue weighted by Crippen LogP contribution is -2.35. The Balaban J connectivity index is 1.74. The zero-order valence-electron chi connectivity index (χ0n) is 16.7. The summed E-state index contributed by atoms with van der Waals surface area (Å²) in [7, 11) is 0. The number of likely N-dealkylation sites (tertiary alicyclic amines) is 1. The summed E-state index contributed by atoms with van der Waals surface area (Å²) in [6.45, 7) is 3.25. The largest absolute Gasteiger partial charge is 0.478 e. The number of halogens is 1. The van der Waals surface area contributed by atoms with Crippen LogP contribution >= 0.6 is 0 Å². The summed E-state index contributed by atoms with van der Waals surface area (Å²) in [5.41, 5.74) is 0.908. The molecule has 0 saturated carbocycles. The molecule has 0 spiro atoms. The van der Waals surface area contributed by atoms with E-state index in [2.05, 4.69) is 5.32 Å². The van der Waals surface area contributed by atoms with Crippen LogP contribution in [0, 0.1) is 5.82 Å². The molecule has 154 valence electrons. The molecule has 6 heteroatoms. The molecule has 1 fully saturated rings. The Hall–Kier alpha value is -2.89. The van der Waals surface area contributed by atoms with Crippen molar-refractivity contribution >= 4 is 17.5 Å². The highest BCUT2D eigenvalue weighted by molar-refractivity contribution is 6.04. The molecule has 1 aliphatic heterocycles. The minimum absolute atomic E-state index is 0.0310. The van der Waals surface area contributed by atoms with Crippen LogP contribution in [-0.4, -0.2) is 35.9 Å². The maximum Gasteiger partial charge on any atom is 0.265 e. The minimum atomic E-state index is -0.867. The van der Waals surface area contributed by atoms with Crippen molar-refractivity contribution in [3.05, 3.63) is 59.9 Å². The van der Waals surface area contributed by atoms with Crippen molar-refractivity contribution < 1.29 is 18.7 Å². The number of hydrogen-bond acceptors (Lipinski definition) is 3. The Bertz CT molecular complexity index is 848. The lowest BCUT2D eigenvalue weighted by atomic mass is 10.1. The second-order valence-electron chi connectivity index (χ2n) is 7.19. The van der Waals surface area contributed by atoms with E-state index in [0.29, 0.717) is 17.7 Å². The SMILES string of the molecule is CC[C@H](Oc1ccccc1F)C(=O)Nc1ccccc1C(=O)N1CCCCCC1. The second kappa shape index (κ2) is 10.0. The number of anilines is 1. The lowest BCUT2D eigenvalue weighted by Gasteiger charge is -2.23. The summed E-state index contributed by atoms with van der Waals surface area (Å²) in [5.74, 6) is -0.975. The Kier molecular flexibility index (Phi) is 7.22. The number of amides is 2. The van der Waals surface area contributed by atoms with Crippen molar-refractivity contribution in [2.75, 3.05) is 18.4 Å². The molecule has 1 heterocycles. The fourth-order valence-corrected chi connectivity index (χ4v) is 3.45. The molecule has 0 radical (unpaired) electrons. The molecule has 2 amide bonds. The van der Waals surface area contributed by atoms with Gasteiger partial charge in [0.05, 0.1) is 11.3 Å². The van der Waals surface area contributed by atoms with Gasteiger partial charge in [-0.05, 0) is 43.5 Å². The van der Waals surface area contributed by atoms with E-state index in [9.17, 15) is 14.0 Å². The number of rotatable bonds is 6. The molecular weight excluding hydrogens is 371 g/mol. The summed E-state index contributed by atoms with van der Waals surface area (Å²) < 4.78 is 19.5. The Labute approximate surface area is 170 Å². The van der Waals surface area contributed by atoms with Crippen LogP contribution in [0.25, 0.3) is 0 Å². The predicted molar refractivity (Wildman–Crippen MR) is 111 cm³/mol. The van der Waals surface area contributed by atoms with Gasteiger partial charge in [0.25, 0.3) is 11.8 Å². The van der Waals surface area contributed by atoms with E-state index in [0.717, 1.165) is 38.8 Å². The van der Waals surface area contributed by atoms with Gasteiger partial charge in [-0.3, -0.25) is 9.59 Å². The van der Waals surface area contributed by atoms with Crippen LogP contribution < -0.4 is 10.1 Å². The van der Waals surface area contributed by atoms with Gasteiger partial charge in [0.15, 0.2) is 17.7 Å². The van der Waals surface area contributed by atoms with Crippen LogP contribution in [0.2, 0.25) is 0 Å². The van der Waals surface area contributed by atoms with Crippen molar-refractivity contribution in [2.24, 2.45) is 0 Å². The molecule has 0 bridgehead atoms. The molecule has 0 aliphatic carbocycles. The van der Waals surface area contributed by atoms with E-state index in [4.69, 9.17) is 4.74 Å². The molecule has 29 heavy (non-hydrogen) atoms. The van der Waals surface area contributed by atoms with Crippen LogP contribution in [0.4, 0.5) is 10.1 Å². The molecule has 2 aromatic carbocycles. The first-order chi connectivity index (χ1) is 14.1. The van der Waals surface area contributed by atoms with Gasteiger partial charge in [-0.1, -0.05) is 44.0 Å². The van der Waals surface area contributed by atoms with E-state index < -0.39 is 17.8 Å². The van der Waals surface area contributed by atoms with Gasteiger partial charge in [0.1, 0.15) is 0 Å². The van der Waals surface area contributed by atoms with Gasteiger partial charge >= 0.3 is 0 Å². The van der Waals surface area contributed by atoms with E-state index in [1.54, 1.807) is 43.3 Å². The van der Waals surface area contributed by atoms with Crippen LogP contribution in [-0.2, 0) is 4.79 Å². The van der Waals surface area contributed by atoms with E-state index in [-0.39, 0.29) is 11.7 Å². The smallest absolute Gasteiger partial charge is 0.265 e. The van der Waals surface area contributed by atoms with Crippen LogP contribution in [0.15, 0.2) is 48.5 Å². The van der Waals surface area contributed by atoms with Crippen molar-refractivity contribution in [3.8, 4) is 5.75 Å². The number of nitrogens with zero attached hydrogens (tertiary/aromatic N) is 1. The first-order valence-corrected chi connectivity index (χ1v) is 10.2. The van der Waals surface area contributed by atoms with Crippen molar-refractivity contribution in [3.63, 3.8) is 0 Å². The monoisotopic (exact) mass is 398 g/mol. The molecule has 1 N–H and O–H groups in total. The topological polar surface area (TPSA) is 58.6 Å². The van der Waals surface area contributed by atoms with Gasteiger partial charge in [0, 0.05) is 13.1 Å². The second-order valence-corrected chi connectivity index (χ2v) is 7.19. The van der Waals surface area contributed by atoms with E-state index in [1.165, 1.54) is 12.1 Å². The minimum Gasteiger partial charge on any atom is -0.478 e. The number of carbonyl (C=O) groups is 2. The molecule has 0 unspecified atom stereocenters. The number of para-hydroxylation sites is 2. The molecule has 1 atom stereocenters. The zero-order valence-corrected chi connectivity index (χ0v) is 16.7. The van der Waals surface area contributed by atoms with Crippen LogP contribution in [0.5, 0.6) is 5.75 Å². The molecule has 3 rings (SSSR count). The van der Waals surface area contributed by atoms with Crippen molar-refractivity contribution in [2.45, 2.75) is 45.1 Å². The highest BCUT2D eigenvalue weighted by Gasteiger charge is 2.24. The normalized spacial score (nSPS) is 15.3. The van der Waals surface area contributed by atoms with Crippen LogP contribution in [0.3, 0.4) is 0 Å². The summed E-state index contributed by atoms with van der Waals surface area (Å²) >= 11 is 0. The number of carbonyl (C=O) groups excluding carboxylic acids is 2. The molecule has 0 aromatic heterocycles. The quantitative estimate of drug-likeness (QED) is 0.771. The maximum atomic E-state index is 13.9. The van der Waals surface area contributed by atoms with Gasteiger partial charge in [-0.25, -0.2) is 4.39 Å². The van der Waals surface area contributed by atoms with Crippen LogP contribution in [0.1, 0.15) is 49.4 Å². The molecular formula is C23H27FN2O3. The number of benzene rings is 2. The number of nitrogens with one attached hydrogen (secondary N) is 1. The first kappa shape index (κ1) is 20.8. The number of ether oxygens (including phenoxy) is 1. The summed E-state index contributed by atoms with van der Waals surface area (Å²) in [5, 5.41) is 2.80. The van der Waals surface area contributed by atoms with Gasteiger partial charge in [-0.15, -0.1) is 0 Å². The first-order valence-electron chi connectivity index (χ1n) is 10.2. The van der Waals surface area contributed by atoms with Gasteiger partial charge in [-0.2, -0.15) is 0 Å². The Morgan fingerprint density at radius 1 is 1.03 bits per heavy atom. The third-order valence-corrected chi connectivity index (χ3v) is 5.08. The molecule has 2 aromatic rings. The number of hydrogen-bond donors (Lipinski definition) is 1. The third-order valence-electron chi connectivity index (χ3n) is 5.08. The lowest BCUT2D eigenvalue weighted by molar-refractivity contribution is -0.122. The maximum absolute atomic E-state index is 13.9. The van der Waals surface area contributed by atoms with E-state index in [1.807, 2.05) is 4.90 Å². The Morgan fingerprint density at radius 3 is 2.38 bits per heavy atom. The fraction of sp³-hybridized carbons (Fsp3) is 0.391. The standard InChI is InChI=1S/C23H27FN2O3/c1-2-20(29-21-14-8-6-12-18(21)24)22(27)25-19-13-7-5-11-17(19)23(28)26-15-9-3-4-10-16-26/h5-8,11-14,20H,2-4,9-10,15-16H2,1H3,(H,25,27)/t20-/m0/s1. The van der Waals surface area contributed by atoms with Crippen molar-refractivity contribution in [1.82, 2.24) is 4.90 Å². The summed E-state index contributed by atoms with van der Waals surface area (Å²) in [6.07, 6.45) is 3.75. The average Bonchev–Trinajstić information content (AvgIpc) is 3.02. The molecule has 1 aliphatic rings. The van der Waals surface area contributed by atoms with E-state index >= 15 is 0 Å².